The molecule has 1 aromatic heterocycles. The highest BCUT2D eigenvalue weighted by molar-refractivity contribution is 5.16. The van der Waals surface area contributed by atoms with Gasteiger partial charge in [-0.2, -0.15) is 0 Å². The molecule has 0 aromatic carbocycles. The van der Waals surface area contributed by atoms with E-state index in [0.29, 0.717) is 0 Å². The van der Waals surface area contributed by atoms with Gasteiger partial charge in [0.05, 0.1) is 0 Å². The zero-order valence-corrected chi connectivity index (χ0v) is 12.5. The van der Waals surface area contributed by atoms with Crippen LogP contribution in [-0.2, 0) is 5.41 Å². The fraction of sp³-hybridized carbons (Fsp3) is 0.714. The van der Waals surface area contributed by atoms with Crippen molar-refractivity contribution < 1.29 is 0 Å². The standard InChI is InChI=1S/C10H16N2.2C2H6/c1-7-6-11-9(10(3,4)5)12-8(7)2;2*1-2/h6H,1-5H3;2*1-2H3. The van der Waals surface area contributed by atoms with Crippen molar-refractivity contribution in [1.29, 1.82) is 0 Å². The molecule has 0 saturated carbocycles. The lowest BCUT2D eigenvalue weighted by atomic mass is 9.95. The predicted molar refractivity (Wildman–Crippen MR) is 72.9 cm³/mol. The molecule has 0 fully saturated rings. The Kier molecular flexibility index (Phi) is 9.02. The fourth-order valence-electron chi connectivity index (χ4n) is 0.889. The van der Waals surface area contributed by atoms with E-state index in [1.165, 1.54) is 0 Å². The van der Waals surface area contributed by atoms with Gasteiger partial charge in [0.15, 0.2) is 0 Å². The molecule has 0 radical (unpaired) electrons. The average molecular weight is 224 g/mol. The average Bonchev–Trinajstić information content (AvgIpc) is 2.26. The Morgan fingerprint density at radius 2 is 1.38 bits per heavy atom. The molecule has 0 bridgehead atoms. The second-order valence-electron chi connectivity index (χ2n) is 4.21. The van der Waals surface area contributed by atoms with Crippen LogP contribution < -0.4 is 0 Å². The Balaban J connectivity index is 0. The summed E-state index contributed by atoms with van der Waals surface area (Å²) in [5.41, 5.74) is 2.29. The molecule has 2 heteroatoms. The molecule has 16 heavy (non-hydrogen) atoms. The second kappa shape index (κ2) is 8.26. The first kappa shape index (κ1) is 17.5. The smallest absolute Gasteiger partial charge is 0.133 e. The van der Waals surface area contributed by atoms with Crippen molar-refractivity contribution in [2.45, 2.75) is 67.7 Å². The molecule has 0 aliphatic heterocycles. The highest BCUT2D eigenvalue weighted by atomic mass is 14.9. The maximum atomic E-state index is 4.43. The molecule has 0 atom stereocenters. The van der Waals surface area contributed by atoms with Crippen LogP contribution in [0.25, 0.3) is 0 Å². The molecule has 0 unspecified atom stereocenters. The lowest BCUT2D eigenvalue weighted by Crippen LogP contribution is -2.16. The number of rotatable bonds is 0. The fourth-order valence-corrected chi connectivity index (χ4v) is 0.889. The van der Waals surface area contributed by atoms with Crippen molar-refractivity contribution in [3.63, 3.8) is 0 Å². The van der Waals surface area contributed by atoms with E-state index >= 15 is 0 Å². The summed E-state index contributed by atoms with van der Waals surface area (Å²) < 4.78 is 0. The molecule has 0 amide bonds. The third kappa shape index (κ3) is 5.84. The van der Waals surface area contributed by atoms with Crippen molar-refractivity contribution in [3.05, 3.63) is 23.3 Å². The summed E-state index contributed by atoms with van der Waals surface area (Å²) in [4.78, 5) is 8.73. The van der Waals surface area contributed by atoms with Gasteiger partial charge in [-0.05, 0) is 19.4 Å². The van der Waals surface area contributed by atoms with Gasteiger partial charge in [0.25, 0.3) is 0 Å². The molecule has 2 nitrogen and oxygen atoms in total. The van der Waals surface area contributed by atoms with Gasteiger partial charge in [0.2, 0.25) is 0 Å². The van der Waals surface area contributed by atoms with Crippen LogP contribution in [0.4, 0.5) is 0 Å². The van der Waals surface area contributed by atoms with E-state index < -0.39 is 0 Å². The van der Waals surface area contributed by atoms with Crippen LogP contribution in [-0.4, -0.2) is 9.97 Å². The van der Waals surface area contributed by atoms with Gasteiger partial charge in [0.1, 0.15) is 5.82 Å². The highest BCUT2D eigenvalue weighted by Crippen LogP contribution is 2.18. The van der Waals surface area contributed by atoms with Gasteiger partial charge in [-0.15, -0.1) is 0 Å². The minimum atomic E-state index is 0.0540. The van der Waals surface area contributed by atoms with Crippen molar-refractivity contribution >= 4 is 0 Å². The zero-order valence-electron chi connectivity index (χ0n) is 12.5. The first-order valence-corrected chi connectivity index (χ1v) is 6.22. The van der Waals surface area contributed by atoms with E-state index in [1.807, 2.05) is 47.7 Å². The van der Waals surface area contributed by atoms with Gasteiger partial charge in [-0.3, -0.25) is 0 Å². The Morgan fingerprint density at radius 3 is 1.69 bits per heavy atom. The van der Waals surface area contributed by atoms with Crippen LogP contribution in [0.15, 0.2) is 6.20 Å². The third-order valence-electron chi connectivity index (χ3n) is 1.90. The molecule has 1 rings (SSSR count). The topological polar surface area (TPSA) is 25.8 Å². The molecule has 0 aliphatic carbocycles. The molecule has 0 spiro atoms. The first-order chi connectivity index (χ1) is 7.41. The van der Waals surface area contributed by atoms with E-state index in [9.17, 15) is 0 Å². The minimum absolute atomic E-state index is 0.0540. The first-order valence-electron chi connectivity index (χ1n) is 6.22. The lowest BCUT2D eigenvalue weighted by molar-refractivity contribution is 0.542. The molecule has 1 heterocycles. The number of aromatic nitrogens is 2. The zero-order chi connectivity index (χ0) is 13.4. The van der Waals surface area contributed by atoms with E-state index in [2.05, 4.69) is 30.7 Å². The summed E-state index contributed by atoms with van der Waals surface area (Å²) in [5, 5.41) is 0. The summed E-state index contributed by atoms with van der Waals surface area (Å²) in [7, 11) is 0. The Morgan fingerprint density at radius 1 is 0.938 bits per heavy atom. The van der Waals surface area contributed by atoms with Gasteiger partial charge in [-0.1, -0.05) is 48.5 Å². The number of hydrogen-bond acceptors (Lipinski definition) is 2. The predicted octanol–water partition coefficient (Wildman–Crippen LogP) is 4.44. The molecule has 0 saturated heterocycles. The van der Waals surface area contributed by atoms with Crippen LogP contribution in [0, 0.1) is 13.8 Å². The molecule has 1 aromatic rings. The van der Waals surface area contributed by atoms with Gasteiger partial charge >= 0.3 is 0 Å². The van der Waals surface area contributed by atoms with Crippen LogP contribution in [0.3, 0.4) is 0 Å². The molecule has 0 N–H and O–H groups in total. The van der Waals surface area contributed by atoms with Crippen LogP contribution in [0.5, 0.6) is 0 Å². The molecule has 0 aliphatic rings. The Labute approximate surface area is 102 Å². The second-order valence-corrected chi connectivity index (χ2v) is 4.21. The number of hydrogen-bond donors (Lipinski definition) is 0. The summed E-state index contributed by atoms with van der Waals surface area (Å²) in [6, 6.07) is 0. The number of aryl methyl sites for hydroxylation is 2. The van der Waals surface area contributed by atoms with E-state index in [4.69, 9.17) is 0 Å². The quantitative estimate of drug-likeness (QED) is 0.651. The highest BCUT2D eigenvalue weighted by Gasteiger charge is 2.17. The monoisotopic (exact) mass is 224 g/mol. The van der Waals surface area contributed by atoms with Gasteiger partial charge in [0, 0.05) is 17.3 Å². The Hall–Kier alpha value is -0.920. The van der Waals surface area contributed by atoms with Crippen molar-refractivity contribution in [2.24, 2.45) is 0 Å². The summed E-state index contributed by atoms with van der Waals surface area (Å²) in [5.74, 6) is 0.922. The third-order valence-corrected chi connectivity index (χ3v) is 1.90. The SMILES string of the molecule is CC.CC.Cc1cnc(C(C)(C)C)nc1C. The van der Waals surface area contributed by atoms with Crippen molar-refractivity contribution in [1.82, 2.24) is 9.97 Å². The summed E-state index contributed by atoms with van der Waals surface area (Å²) >= 11 is 0. The van der Waals surface area contributed by atoms with Crippen LogP contribution in [0.1, 0.15) is 65.5 Å². The van der Waals surface area contributed by atoms with Crippen LogP contribution in [0.2, 0.25) is 0 Å². The lowest BCUT2D eigenvalue weighted by Gasteiger charge is -2.16. The largest absolute Gasteiger partial charge is 0.241 e. The van der Waals surface area contributed by atoms with Crippen molar-refractivity contribution in [3.8, 4) is 0 Å². The summed E-state index contributed by atoms with van der Waals surface area (Å²) in [6.07, 6.45) is 1.89. The Bertz CT molecular complexity index is 285. The van der Waals surface area contributed by atoms with E-state index in [0.717, 1.165) is 17.1 Å². The molecular formula is C14H28N2. The maximum absolute atomic E-state index is 4.43. The number of nitrogens with zero attached hydrogens (tertiary/aromatic N) is 2. The minimum Gasteiger partial charge on any atom is -0.241 e. The normalized spacial score (nSPS) is 9.56. The van der Waals surface area contributed by atoms with E-state index in [-0.39, 0.29) is 5.41 Å². The van der Waals surface area contributed by atoms with Crippen molar-refractivity contribution in [2.75, 3.05) is 0 Å². The summed E-state index contributed by atoms with van der Waals surface area (Å²) in [6.45, 7) is 18.4. The van der Waals surface area contributed by atoms with Crippen LogP contribution >= 0.6 is 0 Å². The maximum Gasteiger partial charge on any atom is 0.133 e. The molecule has 94 valence electrons. The molecular weight excluding hydrogens is 196 g/mol. The van der Waals surface area contributed by atoms with Gasteiger partial charge in [-0.25, -0.2) is 9.97 Å². The van der Waals surface area contributed by atoms with E-state index in [1.54, 1.807) is 0 Å². The van der Waals surface area contributed by atoms with Gasteiger partial charge < -0.3 is 0 Å².